The minimum atomic E-state index is -0.180. The van der Waals surface area contributed by atoms with E-state index in [-0.39, 0.29) is 17.1 Å². The number of rotatable bonds is 2. The van der Waals surface area contributed by atoms with Crippen molar-refractivity contribution >= 4 is 27.0 Å². The number of aromatic nitrogens is 2. The zero-order chi connectivity index (χ0) is 15.2. The summed E-state index contributed by atoms with van der Waals surface area (Å²) >= 11 is 3.62. The molecule has 21 heavy (non-hydrogen) atoms. The van der Waals surface area contributed by atoms with Crippen LogP contribution in [-0.4, -0.2) is 9.97 Å². The monoisotopic (exact) mass is 351 g/mol. The molecule has 114 valence electrons. The lowest BCUT2D eigenvalue weighted by Gasteiger charge is -2.42. The topological polar surface area (TPSA) is 74.7 Å². The van der Waals surface area contributed by atoms with Crippen molar-refractivity contribution in [3.63, 3.8) is 0 Å². The zero-order valence-corrected chi connectivity index (χ0v) is 14.1. The summed E-state index contributed by atoms with van der Waals surface area (Å²) in [6.45, 7) is 4.64. The number of halogens is 1. The molecule has 1 fully saturated rings. The highest BCUT2D eigenvalue weighted by molar-refractivity contribution is 9.10. The van der Waals surface area contributed by atoms with Gasteiger partial charge in [0.05, 0.1) is 11.0 Å². The molecule has 2 aromatic rings. The summed E-state index contributed by atoms with van der Waals surface area (Å²) in [7, 11) is 0. The molecule has 1 aromatic carbocycles. The predicted molar refractivity (Wildman–Crippen MR) is 89.3 cm³/mol. The van der Waals surface area contributed by atoms with Crippen molar-refractivity contribution in [1.82, 2.24) is 9.97 Å². The minimum absolute atomic E-state index is 0.0162. The van der Waals surface area contributed by atoms with E-state index in [4.69, 9.17) is 5.73 Å². The van der Waals surface area contributed by atoms with Crippen LogP contribution in [0.5, 0.6) is 0 Å². The summed E-state index contributed by atoms with van der Waals surface area (Å²) in [5.41, 5.74) is 9.41. The van der Waals surface area contributed by atoms with Gasteiger partial charge in [0.15, 0.2) is 0 Å². The van der Waals surface area contributed by atoms with E-state index in [2.05, 4.69) is 39.7 Å². The van der Waals surface area contributed by atoms with Gasteiger partial charge in [-0.2, -0.15) is 0 Å². The van der Waals surface area contributed by atoms with E-state index in [1.165, 1.54) is 25.7 Å². The Morgan fingerprint density at radius 2 is 1.95 bits per heavy atom. The molecule has 1 heterocycles. The summed E-state index contributed by atoms with van der Waals surface area (Å²) in [6, 6.07) is 3.93. The van der Waals surface area contributed by atoms with Crippen molar-refractivity contribution in [2.45, 2.75) is 45.6 Å². The standard InChI is InChI=1S/C16H22BrN3O/c1-16(2)6-4-3-5-10(16)14(18)9-7-12-13(8-11(9)17)20-15(21)19-12/h7-8,10,14H,3-6,18H2,1-2H3,(H2,19,20,21). The summed E-state index contributed by atoms with van der Waals surface area (Å²) < 4.78 is 0.971. The Morgan fingerprint density at radius 1 is 1.29 bits per heavy atom. The number of nitrogens with one attached hydrogen (secondary N) is 2. The first-order valence-electron chi connectivity index (χ1n) is 7.55. The van der Waals surface area contributed by atoms with Crippen LogP contribution in [0.3, 0.4) is 0 Å². The molecule has 0 saturated heterocycles. The van der Waals surface area contributed by atoms with Gasteiger partial charge >= 0.3 is 5.69 Å². The average molecular weight is 352 g/mol. The maximum atomic E-state index is 11.4. The van der Waals surface area contributed by atoms with Gasteiger partial charge in [-0.1, -0.05) is 42.6 Å². The Morgan fingerprint density at radius 3 is 2.62 bits per heavy atom. The molecule has 2 unspecified atom stereocenters. The molecule has 5 heteroatoms. The highest BCUT2D eigenvalue weighted by atomic mass is 79.9. The van der Waals surface area contributed by atoms with Crippen molar-refractivity contribution in [3.8, 4) is 0 Å². The van der Waals surface area contributed by atoms with Crippen LogP contribution in [0.2, 0.25) is 0 Å². The van der Waals surface area contributed by atoms with Gasteiger partial charge in [0.1, 0.15) is 0 Å². The normalized spacial score (nSPS) is 23.3. The highest BCUT2D eigenvalue weighted by Gasteiger charge is 2.37. The molecular weight excluding hydrogens is 330 g/mol. The fourth-order valence-corrected chi connectivity index (χ4v) is 4.34. The molecule has 4 N–H and O–H groups in total. The Hall–Kier alpha value is -1.07. The van der Waals surface area contributed by atoms with Crippen molar-refractivity contribution in [3.05, 3.63) is 32.7 Å². The molecule has 0 spiro atoms. The number of imidazole rings is 1. The van der Waals surface area contributed by atoms with Gasteiger partial charge in [0.2, 0.25) is 0 Å². The Kier molecular flexibility index (Phi) is 3.74. The number of hydrogen-bond donors (Lipinski definition) is 3. The molecule has 2 atom stereocenters. The van der Waals surface area contributed by atoms with E-state index < -0.39 is 0 Å². The fourth-order valence-electron chi connectivity index (χ4n) is 3.73. The second kappa shape index (κ2) is 5.29. The second-order valence-electron chi connectivity index (χ2n) is 6.87. The maximum absolute atomic E-state index is 11.4. The molecular formula is C16H22BrN3O. The first-order chi connectivity index (χ1) is 9.88. The molecule has 4 nitrogen and oxygen atoms in total. The van der Waals surface area contributed by atoms with Gasteiger partial charge < -0.3 is 15.7 Å². The quantitative estimate of drug-likeness (QED) is 0.768. The first kappa shape index (κ1) is 14.9. The Bertz CT molecular complexity index is 716. The fraction of sp³-hybridized carbons (Fsp3) is 0.562. The third-order valence-corrected chi connectivity index (χ3v) is 5.70. The molecule has 0 aliphatic heterocycles. The van der Waals surface area contributed by atoms with Crippen LogP contribution in [0.4, 0.5) is 0 Å². The van der Waals surface area contributed by atoms with E-state index >= 15 is 0 Å². The van der Waals surface area contributed by atoms with E-state index in [1.807, 2.05) is 12.1 Å². The summed E-state index contributed by atoms with van der Waals surface area (Å²) in [6.07, 6.45) is 4.94. The van der Waals surface area contributed by atoms with Crippen LogP contribution in [-0.2, 0) is 0 Å². The average Bonchev–Trinajstić information content (AvgIpc) is 2.75. The van der Waals surface area contributed by atoms with Crippen LogP contribution < -0.4 is 11.4 Å². The van der Waals surface area contributed by atoms with Crippen molar-refractivity contribution in [1.29, 1.82) is 0 Å². The third kappa shape index (κ3) is 2.69. The molecule has 1 saturated carbocycles. The SMILES string of the molecule is CC1(C)CCCCC1C(N)c1cc2[nH]c(=O)[nH]c2cc1Br. The van der Waals surface area contributed by atoms with Crippen molar-refractivity contribution < 1.29 is 0 Å². The van der Waals surface area contributed by atoms with Gasteiger partial charge in [-0.05, 0) is 41.9 Å². The van der Waals surface area contributed by atoms with Crippen LogP contribution in [0, 0.1) is 11.3 Å². The van der Waals surface area contributed by atoms with Crippen LogP contribution in [0.25, 0.3) is 11.0 Å². The lowest BCUT2D eigenvalue weighted by atomic mass is 9.65. The van der Waals surface area contributed by atoms with Crippen molar-refractivity contribution in [2.24, 2.45) is 17.1 Å². The number of benzene rings is 1. The van der Waals surface area contributed by atoms with Gasteiger partial charge in [-0.25, -0.2) is 4.79 Å². The molecule has 1 aromatic heterocycles. The largest absolute Gasteiger partial charge is 0.324 e. The Balaban J connectivity index is 2.02. The third-order valence-electron chi connectivity index (χ3n) is 5.02. The Labute approximate surface area is 132 Å². The molecule has 0 amide bonds. The number of aromatic amines is 2. The molecule has 1 aliphatic carbocycles. The molecule has 1 aliphatic rings. The lowest BCUT2D eigenvalue weighted by molar-refractivity contribution is 0.112. The van der Waals surface area contributed by atoms with Gasteiger partial charge in [-0.15, -0.1) is 0 Å². The number of H-pyrrole nitrogens is 2. The maximum Gasteiger partial charge on any atom is 0.323 e. The predicted octanol–water partition coefficient (Wildman–Crippen LogP) is 3.83. The van der Waals surface area contributed by atoms with E-state index in [0.29, 0.717) is 5.92 Å². The highest BCUT2D eigenvalue weighted by Crippen LogP contribution is 2.47. The van der Waals surface area contributed by atoms with Gasteiger partial charge in [0, 0.05) is 10.5 Å². The molecule has 0 radical (unpaired) electrons. The van der Waals surface area contributed by atoms with Gasteiger partial charge in [-0.3, -0.25) is 0 Å². The zero-order valence-electron chi connectivity index (χ0n) is 12.5. The number of nitrogens with two attached hydrogens (primary N) is 1. The number of hydrogen-bond acceptors (Lipinski definition) is 2. The van der Waals surface area contributed by atoms with Gasteiger partial charge in [0.25, 0.3) is 0 Å². The molecule has 0 bridgehead atoms. The molecule has 3 rings (SSSR count). The van der Waals surface area contributed by atoms with E-state index in [0.717, 1.165) is 21.1 Å². The van der Waals surface area contributed by atoms with Crippen LogP contribution in [0.1, 0.15) is 51.1 Å². The van der Waals surface area contributed by atoms with Crippen LogP contribution in [0.15, 0.2) is 21.4 Å². The smallest absolute Gasteiger partial charge is 0.323 e. The summed E-state index contributed by atoms with van der Waals surface area (Å²) in [4.78, 5) is 17.0. The summed E-state index contributed by atoms with van der Waals surface area (Å²) in [5, 5.41) is 0. The number of fused-ring (bicyclic) bond motifs is 1. The lowest BCUT2D eigenvalue weighted by Crippen LogP contribution is -2.36. The second-order valence-corrected chi connectivity index (χ2v) is 7.72. The summed E-state index contributed by atoms with van der Waals surface area (Å²) in [5.74, 6) is 0.464. The van der Waals surface area contributed by atoms with Crippen molar-refractivity contribution in [2.75, 3.05) is 0 Å². The first-order valence-corrected chi connectivity index (χ1v) is 8.35. The van der Waals surface area contributed by atoms with E-state index in [9.17, 15) is 4.79 Å². The van der Waals surface area contributed by atoms with Crippen LogP contribution >= 0.6 is 15.9 Å². The van der Waals surface area contributed by atoms with E-state index in [1.54, 1.807) is 0 Å². The minimum Gasteiger partial charge on any atom is -0.324 e.